The first-order chi connectivity index (χ1) is 13.4. The van der Waals surface area contributed by atoms with Gasteiger partial charge >= 0.3 is 0 Å². The molecule has 0 heterocycles. The summed E-state index contributed by atoms with van der Waals surface area (Å²) >= 11 is 0. The molecule has 1 aromatic carbocycles. The van der Waals surface area contributed by atoms with E-state index in [2.05, 4.69) is 44.1 Å². The van der Waals surface area contributed by atoms with Crippen molar-refractivity contribution in [2.24, 2.45) is 16.8 Å². The molecule has 0 spiro atoms. The van der Waals surface area contributed by atoms with Crippen molar-refractivity contribution < 1.29 is 14.6 Å². The van der Waals surface area contributed by atoms with Crippen molar-refractivity contribution in [1.82, 2.24) is 10.2 Å². The van der Waals surface area contributed by atoms with Crippen molar-refractivity contribution in [2.45, 2.75) is 40.0 Å². The third-order valence-electron chi connectivity index (χ3n) is 4.72. The molecule has 0 aliphatic heterocycles. The minimum atomic E-state index is 0.221. The number of nitrogens with zero attached hydrogens (tertiary/aromatic N) is 2. The summed E-state index contributed by atoms with van der Waals surface area (Å²) in [5.74, 6) is 3.43. The second-order valence-corrected chi connectivity index (χ2v) is 7.56. The number of likely N-dealkylation sites (N-methyl/N-ethyl adjacent to an activating group) is 1. The minimum Gasteiger partial charge on any atom is -0.493 e. The van der Waals surface area contributed by atoms with E-state index in [9.17, 15) is 5.11 Å². The van der Waals surface area contributed by atoms with E-state index in [0.717, 1.165) is 56.4 Å². The standard InChI is InChI=1S/C22H39N3O3/c1-7-23-22(24-16-19(11-13-26)14-17(2)3)25(4)12-10-18-8-9-20(27-5)21(15-18)28-6/h8-9,15,17,19,26H,7,10-14,16H2,1-6H3,(H,23,24). The van der Waals surface area contributed by atoms with Crippen LogP contribution in [0.15, 0.2) is 23.2 Å². The van der Waals surface area contributed by atoms with Crippen molar-refractivity contribution >= 4 is 5.96 Å². The van der Waals surface area contributed by atoms with Crippen LogP contribution in [0.3, 0.4) is 0 Å². The zero-order chi connectivity index (χ0) is 20.9. The van der Waals surface area contributed by atoms with Crippen LogP contribution in [-0.4, -0.2) is 63.5 Å². The molecule has 0 aliphatic carbocycles. The Morgan fingerprint density at radius 2 is 1.93 bits per heavy atom. The molecule has 2 N–H and O–H groups in total. The van der Waals surface area contributed by atoms with Crippen LogP contribution in [0.1, 0.15) is 39.2 Å². The van der Waals surface area contributed by atoms with Gasteiger partial charge in [-0.2, -0.15) is 0 Å². The summed E-state index contributed by atoms with van der Waals surface area (Å²) in [6.07, 6.45) is 2.77. The van der Waals surface area contributed by atoms with Crippen LogP contribution in [0.2, 0.25) is 0 Å². The second-order valence-electron chi connectivity index (χ2n) is 7.56. The Kier molecular flexibility index (Phi) is 11.4. The van der Waals surface area contributed by atoms with Crippen molar-refractivity contribution in [3.63, 3.8) is 0 Å². The SMILES string of the molecule is CCNC(=NCC(CCO)CC(C)C)N(C)CCc1ccc(OC)c(OC)c1. The molecular weight excluding hydrogens is 354 g/mol. The number of hydrogen-bond acceptors (Lipinski definition) is 4. The maximum absolute atomic E-state index is 9.32. The van der Waals surface area contributed by atoms with Gasteiger partial charge < -0.3 is 24.8 Å². The first kappa shape index (κ1) is 24.1. The Bertz CT molecular complexity index is 590. The summed E-state index contributed by atoms with van der Waals surface area (Å²) in [6, 6.07) is 6.04. The third-order valence-corrected chi connectivity index (χ3v) is 4.72. The van der Waals surface area contributed by atoms with Crippen LogP contribution in [0, 0.1) is 11.8 Å². The molecule has 0 bridgehead atoms. The normalized spacial score (nSPS) is 12.8. The average molecular weight is 394 g/mol. The Morgan fingerprint density at radius 3 is 2.50 bits per heavy atom. The molecule has 1 unspecified atom stereocenters. The molecular formula is C22H39N3O3. The van der Waals surface area contributed by atoms with Crippen molar-refractivity contribution in [3.05, 3.63) is 23.8 Å². The molecule has 6 nitrogen and oxygen atoms in total. The molecule has 0 saturated heterocycles. The highest BCUT2D eigenvalue weighted by atomic mass is 16.5. The molecule has 0 radical (unpaired) electrons. The number of hydrogen-bond donors (Lipinski definition) is 2. The Hall–Kier alpha value is -1.95. The van der Waals surface area contributed by atoms with Gasteiger partial charge in [0.25, 0.3) is 0 Å². The molecule has 28 heavy (non-hydrogen) atoms. The van der Waals surface area contributed by atoms with Gasteiger partial charge in [0.05, 0.1) is 14.2 Å². The summed E-state index contributed by atoms with van der Waals surface area (Å²) in [5, 5.41) is 12.7. The number of methoxy groups -OCH3 is 2. The average Bonchev–Trinajstić information content (AvgIpc) is 2.68. The molecule has 1 atom stereocenters. The lowest BCUT2D eigenvalue weighted by molar-refractivity contribution is 0.245. The fourth-order valence-corrected chi connectivity index (χ4v) is 3.26. The second kappa shape index (κ2) is 13.3. The molecule has 0 aromatic heterocycles. The quantitative estimate of drug-likeness (QED) is 0.422. The van der Waals surface area contributed by atoms with Crippen LogP contribution >= 0.6 is 0 Å². The van der Waals surface area contributed by atoms with Crippen LogP contribution in [-0.2, 0) is 6.42 Å². The van der Waals surface area contributed by atoms with Gasteiger partial charge in [0, 0.05) is 33.3 Å². The first-order valence-electron chi connectivity index (χ1n) is 10.3. The Balaban J connectivity index is 2.74. The monoisotopic (exact) mass is 393 g/mol. The van der Waals surface area contributed by atoms with Crippen molar-refractivity contribution in [2.75, 3.05) is 47.5 Å². The van der Waals surface area contributed by atoms with Gasteiger partial charge in [-0.05, 0) is 55.7 Å². The Labute approximate surface area is 170 Å². The highest BCUT2D eigenvalue weighted by Gasteiger charge is 2.13. The van der Waals surface area contributed by atoms with Crippen LogP contribution in [0.4, 0.5) is 0 Å². The lowest BCUT2D eigenvalue weighted by atomic mass is 9.94. The molecule has 0 saturated carbocycles. The van der Waals surface area contributed by atoms with E-state index >= 15 is 0 Å². The minimum absolute atomic E-state index is 0.221. The van der Waals surface area contributed by atoms with Gasteiger partial charge in [-0.25, -0.2) is 0 Å². The number of ether oxygens (including phenoxy) is 2. The molecule has 0 fully saturated rings. The summed E-state index contributed by atoms with van der Waals surface area (Å²) < 4.78 is 10.7. The number of aliphatic hydroxyl groups excluding tert-OH is 1. The number of aliphatic imine (C=N–C) groups is 1. The van der Waals surface area contributed by atoms with E-state index in [0.29, 0.717) is 11.8 Å². The summed E-state index contributed by atoms with van der Waals surface area (Å²) in [6.45, 7) is 9.14. The zero-order valence-corrected chi connectivity index (χ0v) is 18.5. The number of benzene rings is 1. The summed E-state index contributed by atoms with van der Waals surface area (Å²) in [5.41, 5.74) is 1.19. The van der Waals surface area contributed by atoms with Crippen LogP contribution < -0.4 is 14.8 Å². The maximum atomic E-state index is 9.32. The number of nitrogens with one attached hydrogen (secondary N) is 1. The fraction of sp³-hybridized carbons (Fsp3) is 0.682. The van der Waals surface area contributed by atoms with Gasteiger partial charge in [-0.3, -0.25) is 4.99 Å². The van der Waals surface area contributed by atoms with Gasteiger partial charge in [-0.15, -0.1) is 0 Å². The van der Waals surface area contributed by atoms with E-state index in [4.69, 9.17) is 14.5 Å². The van der Waals surface area contributed by atoms with Gasteiger partial charge in [0.1, 0.15) is 0 Å². The first-order valence-corrected chi connectivity index (χ1v) is 10.3. The lowest BCUT2D eigenvalue weighted by Crippen LogP contribution is -2.40. The van der Waals surface area contributed by atoms with Crippen LogP contribution in [0.5, 0.6) is 11.5 Å². The van der Waals surface area contributed by atoms with Crippen LogP contribution in [0.25, 0.3) is 0 Å². The maximum Gasteiger partial charge on any atom is 0.193 e. The number of guanidine groups is 1. The highest BCUT2D eigenvalue weighted by Crippen LogP contribution is 2.27. The molecule has 0 amide bonds. The lowest BCUT2D eigenvalue weighted by Gasteiger charge is -2.23. The van der Waals surface area contributed by atoms with E-state index in [1.165, 1.54) is 5.56 Å². The molecule has 6 heteroatoms. The predicted molar refractivity (Wildman–Crippen MR) is 117 cm³/mol. The topological polar surface area (TPSA) is 66.3 Å². The predicted octanol–water partition coefficient (Wildman–Crippen LogP) is 3.19. The third kappa shape index (κ3) is 8.38. The fourth-order valence-electron chi connectivity index (χ4n) is 3.26. The molecule has 1 aromatic rings. The summed E-state index contributed by atoms with van der Waals surface area (Å²) in [4.78, 5) is 6.99. The van der Waals surface area contributed by atoms with Crippen molar-refractivity contribution in [3.8, 4) is 11.5 Å². The van der Waals surface area contributed by atoms with E-state index in [1.807, 2.05) is 12.1 Å². The number of aliphatic hydroxyl groups is 1. The largest absolute Gasteiger partial charge is 0.493 e. The van der Waals surface area contributed by atoms with E-state index < -0.39 is 0 Å². The van der Waals surface area contributed by atoms with Crippen molar-refractivity contribution in [1.29, 1.82) is 0 Å². The molecule has 0 aliphatic rings. The highest BCUT2D eigenvalue weighted by molar-refractivity contribution is 5.79. The smallest absolute Gasteiger partial charge is 0.193 e. The van der Waals surface area contributed by atoms with Gasteiger partial charge in [-0.1, -0.05) is 19.9 Å². The zero-order valence-electron chi connectivity index (χ0n) is 18.5. The molecule has 160 valence electrons. The van der Waals surface area contributed by atoms with E-state index in [-0.39, 0.29) is 6.61 Å². The van der Waals surface area contributed by atoms with Gasteiger partial charge in [0.2, 0.25) is 0 Å². The number of rotatable bonds is 12. The van der Waals surface area contributed by atoms with Gasteiger partial charge in [0.15, 0.2) is 17.5 Å². The van der Waals surface area contributed by atoms with E-state index in [1.54, 1.807) is 14.2 Å². The summed E-state index contributed by atoms with van der Waals surface area (Å²) in [7, 11) is 5.36. The Morgan fingerprint density at radius 1 is 1.21 bits per heavy atom. The molecule has 1 rings (SSSR count).